The SMILES string of the molecule is Cc1cc(OCC(O)c2ccc(N)cc2)ccc1Cl. The van der Waals surface area contributed by atoms with Gasteiger partial charge >= 0.3 is 0 Å². The Kier molecular flexibility index (Phi) is 4.30. The molecule has 0 spiro atoms. The second-order valence-corrected chi connectivity index (χ2v) is 4.81. The van der Waals surface area contributed by atoms with Crippen molar-refractivity contribution < 1.29 is 9.84 Å². The first-order chi connectivity index (χ1) is 9.06. The van der Waals surface area contributed by atoms with Gasteiger partial charge in [0.25, 0.3) is 0 Å². The summed E-state index contributed by atoms with van der Waals surface area (Å²) in [7, 11) is 0. The Hall–Kier alpha value is -1.71. The largest absolute Gasteiger partial charge is 0.491 e. The van der Waals surface area contributed by atoms with Crippen molar-refractivity contribution in [2.45, 2.75) is 13.0 Å². The molecule has 19 heavy (non-hydrogen) atoms. The highest BCUT2D eigenvalue weighted by Crippen LogP contribution is 2.22. The third-order valence-electron chi connectivity index (χ3n) is 2.86. The minimum absolute atomic E-state index is 0.186. The van der Waals surface area contributed by atoms with Crippen LogP contribution in [0.2, 0.25) is 5.02 Å². The molecule has 100 valence electrons. The maximum atomic E-state index is 10.0. The smallest absolute Gasteiger partial charge is 0.119 e. The van der Waals surface area contributed by atoms with Gasteiger partial charge in [0.15, 0.2) is 0 Å². The summed E-state index contributed by atoms with van der Waals surface area (Å²) in [6, 6.07) is 12.5. The predicted molar refractivity (Wildman–Crippen MR) is 77.5 cm³/mol. The molecule has 2 aromatic carbocycles. The van der Waals surface area contributed by atoms with Gasteiger partial charge in [-0.2, -0.15) is 0 Å². The third kappa shape index (κ3) is 3.63. The molecule has 0 saturated heterocycles. The van der Waals surface area contributed by atoms with Gasteiger partial charge in [-0.25, -0.2) is 0 Å². The zero-order chi connectivity index (χ0) is 13.8. The minimum atomic E-state index is -0.684. The zero-order valence-corrected chi connectivity index (χ0v) is 11.4. The highest BCUT2D eigenvalue weighted by atomic mass is 35.5. The van der Waals surface area contributed by atoms with E-state index >= 15 is 0 Å². The summed E-state index contributed by atoms with van der Waals surface area (Å²) in [5.74, 6) is 0.691. The summed E-state index contributed by atoms with van der Waals surface area (Å²) in [6.45, 7) is 2.09. The highest BCUT2D eigenvalue weighted by Gasteiger charge is 2.08. The summed E-state index contributed by atoms with van der Waals surface area (Å²) in [5, 5.41) is 10.7. The van der Waals surface area contributed by atoms with E-state index in [9.17, 15) is 5.11 Å². The summed E-state index contributed by atoms with van der Waals surface area (Å²) in [5.41, 5.74) is 7.99. The van der Waals surface area contributed by atoms with Crippen LogP contribution in [0, 0.1) is 6.92 Å². The summed E-state index contributed by atoms with van der Waals surface area (Å²) >= 11 is 5.94. The van der Waals surface area contributed by atoms with Crippen LogP contribution in [0.25, 0.3) is 0 Å². The molecular weight excluding hydrogens is 262 g/mol. The van der Waals surface area contributed by atoms with E-state index in [4.69, 9.17) is 22.1 Å². The molecule has 0 aliphatic heterocycles. The van der Waals surface area contributed by atoms with E-state index in [2.05, 4.69) is 0 Å². The molecule has 4 heteroatoms. The first-order valence-corrected chi connectivity index (χ1v) is 6.36. The Morgan fingerprint density at radius 3 is 2.53 bits per heavy atom. The van der Waals surface area contributed by atoms with E-state index in [0.717, 1.165) is 11.1 Å². The van der Waals surface area contributed by atoms with E-state index in [1.54, 1.807) is 36.4 Å². The Morgan fingerprint density at radius 1 is 1.21 bits per heavy atom. The van der Waals surface area contributed by atoms with Crippen molar-refractivity contribution in [2.75, 3.05) is 12.3 Å². The molecule has 0 amide bonds. The fourth-order valence-corrected chi connectivity index (χ4v) is 1.81. The average molecular weight is 278 g/mol. The second-order valence-electron chi connectivity index (χ2n) is 4.40. The topological polar surface area (TPSA) is 55.5 Å². The van der Waals surface area contributed by atoms with Gasteiger partial charge in [-0.1, -0.05) is 23.7 Å². The molecule has 1 atom stereocenters. The van der Waals surface area contributed by atoms with Gasteiger partial charge in [-0.3, -0.25) is 0 Å². The van der Waals surface area contributed by atoms with Crippen molar-refractivity contribution in [1.29, 1.82) is 0 Å². The molecule has 0 bridgehead atoms. The molecule has 2 rings (SSSR count). The van der Waals surface area contributed by atoms with Crippen LogP contribution < -0.4 is 10.5 Å². The number of halogens is 1. The number of benzene rings is 2. The number of aryl methyl sites for hydroxylation is 1. The molecule has 0 aromatic heterocycles. The number of aliphatic hydroxyl groups excluding tert-OH is 1. The van der Waals surface area contributed by atoms with Crippen molar-refractivity contribution in [2.24, 2.45) is 0 Å². The molecule has 3 N–H and O–H groups in total. The van der Waals surface area contributed by atoms with Crippen LogP contribution in [0.15, 0.2) is 42.5 Å². The van der Waals surface area contributed by atoms with E-state index in [0.29, 0.717) is 16.5 Å². The standard InChI is InChI=1S/C15H16ClNO2/c1-10-8-13(6-7-14(10)16)19-9-15(18)11-2-4-12(17)5-3-11/h2-8,15,18H,9,17H2,1H3. The zero-order valence-electron chi connectivity index (χ0n) is 10.6. The number of ether oxygens (including phenoxy) is 1. The van der Waals surface area contributed by atoms with E-state index in [1.807, 2.05) is 13.0 Å². The number of aliphatic hydroxyl groups is 1. The number of nitrogen functional groups attached to an aromatic ring is 1. The molecule has 2 aromatic rings. The highest BCUT2D eigenvalue weighted by molar-refractivity contribution is 6.31. The van der Waals surface area contributed by atoms with Crippen LogP contribution in [-0.4, -0.2) is 11.7 Å². The number of hydrogen-bond acceptors (Lipinski definition) is 3. The molecule has 0 heterocycles. The Bertz CT molecular complexity index is 555. The minimum Gasteiger partial charge on any atom is -0.491 e. The Balaban J connectivity index is 1.98. The van der Waals surface area contributed by atoms with Crippen LogP contribution in [0.5, 0.6) is 5.75 Å². The first kappa shape index (κ1) is 13.7. The molecule has 0 saturated carbocycles. The number of anilines is 1. The monoisotopic (exact) mass is 277 g/mol. The lowest BCUT2D eigenvalue weighted by Crippen LogP contribution is -2.09. The van der Waals surface area contributed by atoms with Gasteiger partial charge in [0.2, 0.25) is 0 Å². The maximum absolute atomic E-state index is 10.0. The molecule has 0 fully saturated rings. The molecule has 0 aliphatic rings. The molecule has 0 radical (unpaired) electrons. The van der Waals surface area contributed by atoms with Crippen molar-refractivity contribution in [3.8, 4) is 5.75 Å². The van der Waals surface area contributed by atoms with Crippen molar-refractivity contribution in [3.63, 3.8) is 0 Å². The molecule has 3 nitrogen and oxygen atoms in total. The van der Waals surface area contributed by atoms with E-state index in [-0.39, 0.29) is 6.61 Å². The van der Waals surface area contributed by atoms with Gasteiger partial charge in [0.1, 0.15) is 18.5 Å². The summed E-state index contributed by atoms with van der Waals surface area (Å²) in [4.78, 5) is 0. The number of rotatable bonds is 4. The van der Waals surface area contributed by atoms with Crippen LogP contribution in [0.1, 0.15) is 17.2 Å². The Morgan fingerprint density at radius 2 is 1.89 bits per heavy atom. The molecular formula is C15H16ClNO2. The van der Waals surface area contributed by atoms with Crippen molar-refractivity contribution in [3.05, 3.63) is 58.6 Å². The van der Waals surface area contributed by atoms with Gasteiger partial charge in [-0.05, 0) is 48.4 Å². The van der Waals surface area contributed by atoms with Crippen LogP contribution in [0.3, 0.4) is 0 Å². The van der Waals surface area contributed by atoms with Crippen LogP contribution in [0.4, 0.5) is 5.69 Å². The quantitative estimate of drug-likeness (QED) is 0.843. The maximum Gasteiger partial charge on any atom is 0.119 e. The van der Waals surface area contributed by atoms with Gasteiger partial charge in [-0.15, -0.1) is 0 Å². The summed E-state index contributed by atoms with van der Waals surface area (Å²) < 4.78 is 5.55. The van der Waals surface area contributed by atoms with Crippen molar-refractivity contribution >= 4 is 17.3 Å². The normalized spacial score (nSPS) is 12.2. The first-order valence-electron chi connectivity index (χ1n) is 5.98. The van der Waals surface area contributed by atoms with Crippen LogP contribution >= 0.6 is 11.6 Å². The van der Waals surface area contributed by atoms with Crippen LogP contribution in [-0.2, 0) is 0 Å². The van der Waals surface area contributed by atoms with Gasteiger partial charge < -0.3 is 15.6 Å². The fourth-order valence-electron chi connectivity index (χ4n) is 1.70. The second kappa shape index (κ2) is 5.95. The number of hydrogen-bond donors (Lipinski definition) is 2. The predicted octanol–water partition coefficient (Wildman–Crippen LogP) is 3.34. The molecule has 0 aliphatic carbocycles. The van der Waals surface area contributed by atoms with E-state index < -0.39 is 6.10 Å². The fraction of sp³-hybridized carbons (Fsp3) is 0.200. The Labute approximate surface area is 117 Å². The lowest BCUT2D eigenvalue weighted by molar-refractivity contribution is 0.108. The van der Waals surface area contributed by atoms with E-state index in [1.165, 1.54) is 0 Å². The molecule has 1 unspecified atom stereocenters. The van der Waals surface area contributed by atoms with Crippen molar-refractivity contribution in [1.82, 2.24) is 0 Å². The third-order valence-corrected chi connectivity index (χ3v) is 3.28. The van der Waals surface area contributed by atoms with Gasteiger partial charge in [0.05, 0.1) is 0 Å². The van der Waals surface area contributed by atoms with Gasteiger partial charge in [0, 0.05) is 10.7 Å². The summed E-state index contributed by atoms with van der Waals surface area (Å²) in [6.07, 6.45) is -0.684. The lowest BCUT2D eigenvalue weighted by atomic mass is 10.1. The number of nitrogens with two attached hydrogens (primary N) is 1. The average Bonchev–Trinajstić information content (AvgIpc) is 2.40. The lowest BCUT2D eigenvalue weighted by Gasteiger charge is -2.13.